The predicted octanol–water partition coefficient (Wildman–Crippen LogP) is 3.90. The lowest BCUT2D eigenvalue weighted by atomic mass is 9.88. The minimum Gasteiger partial charge on any atom is -0.330 e. The van der Waals surface area contributed by atoms with Gasteiger partial charge in [-0.15, -0.1) is 0 Å². The van der Waals surface area contributed by atoms with Crippen molar-refractivity contribution < 1.29 is 0 Å². The van der Waals surface area contributed by atoms with E-state index in [1.807, 2.05) is 0 Å². The van der Waals surface area contributed by atoms with Gasteiger partial charge in [0.05, 0.1) is 0 Å². The van der Waals surface area contributed by atoms with Crippen LogP contribution < -0.4 is 5.73 Å². The molecule has 0 aliphatic rings. The van der Waals surface area contributed by atoms with Crippen LogP contribution in [-0.4, -0.2) is 6.54 Å². The Labute approximate surface area is 100 Å². The summed E-state index contributed by atoms with van der Waals surface area (Å²) in [7, 11) is 0. The number of hydrogen-bond acceptors (Lipinski definition) is 1. The van der Waals surface area contributed by atoms with Crippen molar-refractivity contribution in [3.8, 4) is 0 Å². The van der Waals surface area contributed by atoms with Gasteiger partial charge in [0.25, 0.3) is 0 Å². The quantitative estimate of drug-likeness (QED) is 0.798. The molecular formula is C15H25N. The van der Waals surface area contributed by atoms with E-state index in [0.717, 1.165) is 6.54 Å². The summed E-state index contributed by atoms with van der Waals surface area (Å²) in [6, 6.07) is 8.90. The van der Waals surface area contributed by atoms with Crippen molar-refractivity contribution in [2.45, 2.75) is 46.0 Å². The van der Waals surface area contributed by atoms with Crippen LogP contribution in [0.3, 0.4) is 0 Å². The lowest BCUT2D eigenvalue weighted by Gasteiger charge is -2.19. The van der Waals surface area contributed by atoms with Gasteiger partial charge in [-0.05, 0) is 41.8 Å². The van der Waals surface area contributed by atoms with Crippen molar-refractivity contribution in [1.29, 1.82) is 0 Å². The second-order valence-corrected chi connectivity index (χ2v) is 5.39. The molecule has 1 atom stereocenters. The summed E-state index contributed by atoms with van der Waals surface area (Å²) in [6.45, 7) is 9.74. The van der Waals surface area contributed by atoms with Gasteiger partial charge in [-0.1, -0.05) is 52.0 Å². The Morgan fingerprint density at radius 1 is 1.06 bits per heavy atom. The molecule has 16 heavy (non-hydrogen) atoms. The number of hydrogen-bond donors (Lipinski definition) is 1. The van der Waals surface area contributed by atoms with E-state index in [1.54, 1.807) is 0 Å². The molecule has 1 aromatic rings. The topological polar surface area (TPSA) is 26.0 Å². The molecule has 0 radical (unpaired) electrons. The fraction of sp³-hybridized carbons (Fsp3) is 0.600. The van der Waals surface area contributed by atoms with E-state index in [1.165, 1.54) is 17.5 Å². The summed E-state index contributed by atoms with van der Waals surface area (Å²) in [5, 5.41) is 0. The summed E-state index contributed by atoms with van der Waals surface area (Å²) in [6.07, 6.45) is 1.18. The SMILES string of the molecule is CC(C)CC(CN)c1cccc(C(C)C)c1. The summed E-state index contributed by atoms with van der Waals surface area (Å²) < 4.78 is 0. The van der Waals surface area contributed by atoms with E-state index in [2.05, 4.69) is 52.0 Å². The van der Waals surface area contributed by atoms with Crippen LogP contribution in [0.25, 0.3) is 0 Å². The predicted molar refractivity (Wildman–Crippen MR) is 71.8 cm³/mol. The van der Waals surface area contributed by atoms with Gasteiger partial charge >= 0.3 is 0 Å². The Kier molecular flexibility index (Phi) is 5.01. The molecule has 1 heteroatoms. The maximum absolute atomic E-state index is 5.88. The molecule has 0 saturated carbocycles. The lowest BCUT2D eigenvalue weighted by molar-refractivity contribution is 0.504. The van der Waals surface area contributed by atoms with Gasteiger partial charge in [-0.3, -0.25) is 0 Å². The summed E-state index contributed by atoms with van der Waals surface area (Å²) >= 11 is 0. The van der Waals surface area contributed by atoms with E-state index in [0.29, 0.717) is 17.8 Å². The molecule has 0 fully saturated rings. The Bertz CT molecular complexity index is 315. The highest BCUT2D eigenvalue weighted by Gasteiger charge is 2.12. The van der Waals surface area contributed by atoms with Gasteiger partial charge in [-0.25, -0.2) is 0 Å². The third-order valence-electron chi connectivity index (χ3n) is 3.09. The third-order valence-corrected chi connectivity index (χ3v) is 3.09. The smallest absolute Gasteiger partial charge is 0.000814 e. The first kappa shape index (κ1) is 13.2. The highest BCUT2D eigenvalue weighted by molar-refractivity contribution is 5.28. The number of rotatable bonds is 5. The average Bonchev–Trinajstić information content (AvgIpc) is 2.25. The Balaban J connectivity index is 2.87. The zero-order valence-corrected chi connectivity index (χ0v) is 11.0. The molecule has 2 N–H and O–H groups in total. The first-order valence-corrected chi connectivity index (χ1v) is 6.34. The van der Waals surface area contributed by atoms with Crippen LogP contribution in [0, 0.1) is 5.92 Å². The van der Waals surface area contributed by atoms with Gasteiger partial charge in [0.1, 0.15) is 0 Å². The van der Waals surface area contributed by atoms with Crippen molar-refractivity contribution in [3.05, 3.63) is 35.4 Å². The van der Waals surface area contributed by atoms with E-state index >= 15 is 0 Å². The zero-order chi connectivity index (χ0) is 12.1. The van der Waals surface area contributed by atoms with E-state index in [4.69, 9.17) is 5.73 Å². The van der Waals surface area contributed by atoms with Crippen molar-refractivity contribution in [2.24, 2.45) is 11.7 Å². The highest BCUT2D eigenvalue weighted by Crippen LogP contribution is 2.25. The molecule has 0 heterocycles. The number of benzene rings is 1. The molecule has 0 aliphatic carbocycles. The molecule has 90 valence electrons. The largest absolute Gasteiger partial charge is 0.330 e. The van der Waals surface area contributed by atoms with E-state index in [-0.39, 0.29) is 0 Å². The van der Waals surface area contributed by atoms with Crippen molar-refractivity contribution in [2.75, 3.05) is 6.54 Å². The summed E-state index contributed by atoms with van der Waals surface area (Å²) in [4.78, 5) is 0. The van der Waals surface area contributed by atoms with Crippen LogP contribution in [0.15, 0.2) is 24.3 Å². The first-order chi connectivity index (χ1) is 7.54. The van der Waals surface area contributed by atoms with Crippen molar-refractivity contribution in [3.63, 3.8) is 0 Å². The van der Waals surface area contributed by atoms with Gasteiger partial charge in [-0.2, -0.15) is 0 Å². The van der Waals surface area contributed by atoms with Crippen LogP contribution in [-0.2, 0) is 0 Å². The first-order valence-electron chi connectivity index (χ1n) is 6.34. The fourth-order valence-electron chi connectivity index (χ4n) is 2.11. The molecule has 1 aromatic carbocycles. The van der Waals surface area contributed by atoms with Gasteiger partial charge < -0.3 is 5.73 Å². The molecule has 0 aromatic heterocycles. The Morgan fingerprint density at radius 2 is 1.69 bits per heavy atom. The van der Waals surface area contributed by atoms with E-state index < -0.39 is 0 Å². The summed E-state index contributed by atoms with van der Waals surface area (Å²) in [5.41, 5.74) is 8.70. The van der Waals surface area contributed by atoms with Gasteiger partial charge in [0, 0.05) is 0 Å². The molecular weight excluding hydrogens is 194 g/mol. The molecule has 0 spiro atoms. The van der Waals surface area contributed by atoms with Crippen molar-refractivity contribution >= 4 is 0 Å². The third kappa shape index (κ3) is 3.64. The van der Waals surface area contributed by atoms with E-state index in [9.17, 15) is 0 Å². The van der Waals surface area contributed by atoms with Gasteiger partial charge in [0.2, 0.25) is 0 Å². The minimum absolute atomic E-state index is 0.513. The zero-order valence-electron chi connectivity index (χ0n) is 11.0. The molecule has 0 saturated heterocycles. The lowest BCUT2D eigenvalue weighted by Crippen LogP contribution is -2.14. The molecule has 0 aliphatic heterocycles. The van der Waals surface area contributed by atoms with Crippen molar-refractivity contribution in [1.82, 2.24) is 0 Å². The fourth-order valence-corrected chi connectivity index (χ4v) is 2.11. The number of nitrogens with two attached hydrogens (primary N) is 1. The second-order valence-electron chi connectivity index (χ2n) is 5.39. The second kappa shape index (κ2) is 6.05. The normalized spacial score (nSPS) is 13.4. The average molecular weight is 219 g/mol. The molecule has 1 unspecified atom stereocenters. The van der Waals surface area contributed by atoms with Gasteiger partial charge in [0.15, 0.2) is 0 Å². The Morgan fingerprint density at radius 3 is 2.19 bits per heavy atom. The van der Waals surface area contributed by atoms with Crippen LogP contribution in [0.5, 0.6) is 0 Å². The van der Waals surface area contributed by atoms with Crippen LogP contribution in [0.2, 0.25) is 0 Å². The molecule has 1 nitrogen and oxygen atoms in total. The van der Waals surface area contributed by atoms with Crippen LogP contribution >= 0.6 is 0 Å². The van der Waals surface area contributed by atoms with Crippen LogP contribution in [0.1, 0.15) is 57.1 Å². The molecule has 1 rings (SSSR count). The summed E-state index contributed by atoms with van der Waals surface area (Å²) in [5.74, 6) is 1.81. The monoisotopic (exact) mass is 219 g/mol. The minimum atomic E-state index is 0.513. The maximum Gasteiger partial charge on any atom is -0.000814 e. The van der Waals surface area contributed by atoms with Crippen LogP contribution in [0.4, 0.5) is 0 Å². The highest BCUT2D eigenvalue weighted by atomic mass is 14.5. The maximum atomic E-state index is 5.88. The standard InChI is InChI=1S/C15H25N/c1-11(2)8-15(10-16)14-7-5-6-13(9-14)12(3)4/h5-7,9,11-12,15H,8,10,16H2,1-4H3. The molecule has 0 bridgehead atoms. The Hall–Kier alpha value is -0.820. The molecule has 0 amide bonds.